The normalized spacial score (nSPS) is 11.2. The Morgan fingerprint density at radius 1 is 1.08 bits per heavy atom. The Kier molecular flexibility index (Phi) is 4.22. The van der Waals surface area contributed by atoms with E-state index in [1.807, 2.05) is 24.3 Å². The fourth-order valence-corrected chi connectivity index (χ4v) is 3.25. The van der Waals surface area contributed by atoms with Crippen LogP contribution in [0.3, 0.4) is 0 Å². The van der Waals surface area contributed by atoms with Crippen LogP contribution in [0.15, 0.2) is 51.7 Å². The highest BCUT2D eigenvalue weighted by molar-refractivity contribution is 6.35. The Morgan fingerprint density at radius 3 is 2.58 bits per heavy atom. The number of aryl methyl sites for hydroxylation is 1. The van der Waals surface area contributed by atoms with Crippen LogP contribution in [-0.4, -0.2) is 19.7 Å². The fraction of sp³-hybridized carbons (Fsp3) is 0.111. The maximum absolute atomic E-state index is 12.5. The van der Waals surface area contributed by atoms with Crippen molar-refractivity contribution in [2.45, 2.75) is 13.5 Å². The summed E-state index contributed by atoms with van der Waals surface area (Å²) >= 11 is 12.0. The Hall–Kier alpha value is -2.70. The molecule has 26 heavy (non-hydrogen) atoms. The first-order valence-electron chi connectivity index (χ1n) is 7.76. The van der Waals surface area contributed by atoms with Gasteiger partial charge in [0, 0.05) is 15.6 Å². The molecule has 0 atom stereocenters. The molecule has 0 amide bonds. The minimum absolute atomic E-state index is 0.143. The molecule has 0 saturated heterocycles. The summed E-state index contributed by atoms with van der Waals surface area (Å²) in [7, 11) is 0. The number of nitrogens with zero attached hydrogens (tertiary/aromatic N) is 4. The molecule has 2 aromatic carbocycles. The number of benzene rings is 2. The number of hydrogen-bond acceptors (Lipinski definition) is 5. The van der Waals surface area contributed by atoms with Gasteiger partial charge >= 0.3 is 0 Å². The van der Waals surface area contributed by atoms with Gasteiger partial charge in [-0.2, -0.15) is 0 Å². The smallest absolute Gasteiger partial charge is 0.272 e. The largest absolute Gasteiger partial charge is 0.419 e. The third-order valence-electron chi connectivity index (χ3n) is 3.89. The predicted molar refractivity (Wildman–Crippen MR) is 99.6 cm³/mol. The zero-order chi connectivity index (χ0) is 18.3. The van der Waals surface area contributed by atoms with Crippen molar-refractivity contribution in [3.8, 4) is 11.5 Å². The molecule has 130 valence electrons. The number of halogens is 2. The second-order valence-corrected chi connectivity index (χ2v) is 6.61. The van der Waals surface area contributed by atoms with Crippen LogP contribution in [0.1, 0.15) is 11.6 Å². The summed E-state index contributed by atoms with van der Waals surface area (Å²) < 4.78 is 7.28. The number of hydrogen-bond donors (Lipinski definition) is 0. The molecule has 0 saturated carbocycles. The second kappa shape index (κ2) is 6.55. The Bertz CT molecular complexity index is 1160. The van der Waals surface area contributed by atoms with Crippen LogP contribution in [0.4, 0.5) is 0 Å². The average Bonchev–Trinajstić information content (AvgIpc) is 3.07. The molecule has 0 aliphatic carbocycles. The zero-order valence-electron chi connectivity index (χ0n) is 13.6. The van der Waals surface area contributed by atoms with Crippen molar-refractivity contribution in [2.75, 3.05) is 0 Å². The third kappa shape index (κ3) is 3.09. The van der Waals surface area contributed by atoms with Crippen LogP contribution in [0.25, 0.3) is 22.5 Å². The molecule has 0 N–H and O–H groups in total. The van der Waals surface area contributed by atoms with E-state index in [4.69, 9.17) is 27.6 Å². The summed E-state index contributed by atoms with van der Waals surface area (Å²) in [4.78, 5) is 16.8. The van der Waals surface area contributed by atoms with Gasteiger partial charge in [0.15, 0.2) is 0 Å². The average molecular weight is 387 g/mol. The maximum atomic E-state index is 12.5. The van der Waals surface area contributed by atoms with Crippen molar-refractivity contribution in [3.63, 3.8) is 0 Å². The molecule has 2 aromatic heterocycles. The molecule has 0 fully saturated rings. The van der Waals surface area contributed by atoms with Crippen molar-refractivity contribution in [1.82, 2.24) is 19.7 Å². The van der Waals surface area contributed by atoms with Gasteiger partial charge in [-0.25, -0.2) is 4.98 Å². The van der Waals surface area contributed by atoms with E-state index in [9.17, 15) is 4.79 Å². The van der Waals surface area contributed by atoms with Crippen LogP contribution < -0.4 is 5.56 Å². The molecule has 2 heterocycles. The van der Waals surface area contributed by atoms with Crippen LogP contribution in [-0.2, 0) is 6.54 Å². The van der Waals surface area contributed by atoms with Gasteiger partial charge in [-0.3, -0.25) is 9.36 Å². The highest BCUT2D eigenvalue weighted by atomic mass is 35.5. The Morgan fingerprint density at radius 2 is 1.81 bits per heavy atom. The Balaban J connectivity index is 1.76. The molecule has 0 bridgehead atoms. The molecule has 0 spiro atoms. The van der Waals surface area contributed by atoms with Gasteiger partial charge in [0.25, 0.3) is 5.56 Å². The summed E-state index contributed by atoms with van der Waals surface area (Å²) in [6.45, 7) is 1.82. The van der Waals surface area contributed by atoms with Gasteiger partial charge < -0.3 is 4.42 Å². The number of rotatable bonds is 3. The molecule has 8 heteroatoms. The van der Waals surface area contributed by atoms with Gasteiger partial charge in [0.05, 0.1) is 11.0 Å². The summed E-state index contributed by atoms with van der Waals surface area (Å²) in [5, 5.41) is 9.02. The lowest BCUT2D eigenvalue weighted by Gasteiger charge is -2.08. The summed E-state index contributed by atoms with van der Waals surface area (Å²) in [5.41, 5.74) is 2.25. The molecule has 0 aliphatic heterocycles. The van der Waals surface area contributed by atoms with E-state index in [0.29, 0.717) is 32.7 Å². The molecular weight excluding hydrogens is 375 g/mol. The summed E-state index contributed by atoms with van der Waals surface area (Å²) in [5.74, 6) is 0.585. The first kappa shape index (κ1) is 16.8. The van der Waals surface area contributed by atoms with Crippen molar-refractivity contribution in [1.29, 1.82) is 0 Å². The van der Waals surface area contributed by atoms with Crippen molar-refractivity contribution >= 4 is 34.2 Å². The maximum Gasteiger partial charge on any atom is 0.272 e. The predicted octanol–water partition coefficient (Wildman–Crippen LogP) is 4.11. The molecular formula is C18H12Cl2N4O2. The van der Waals surface area contributed by atoms with Crippen LogP contribution in [0.2, 0.25) is 10.0 Å². The van der Waals surface area contributed by atoms with E-state index in [1.54, 1.807) is 29.7 Å². The lowest BCUT2D eigenvalue weighted by Crippen LogP contribution is -2.24. The summed E-state index contributed by atoms with van der Waals surface area (Å²) in [6, 6.07) is 12.4. The zero-order valence-corrected chi connectivity index (χ0v) is 15.1. The standard InChI is InChI=1S/C18H12Cl2N4O2/c1-10-18(25)24(15-5-3-2-4-14(15)21-10)9-16-22-23-17(26-16)11-6-12(19)8-13(20)7-11/h2-8H,9H2,1H3. The van der Waals surface area contributed by atoms with Crippen LogP contribution in [0.5, 0.6) is 0 Å². The van der Waals surface area contributed by atoms with Gasteiger partial charge in [0.1, 0.15) is 12.2 Å². The van der Waals surface area contributed by atoms with E-state index >= 15 is 0 Å². The minimum Gasteiger partial charge on any atom is -0.419 e. The quantitative estimate of drug-likeness (QED) is 0.529. The molecule has 4 aromatic rings. The van der Waals surface area contributed by atoms with E-state index < -0.39 is 0 Å². The van der Waals surface area contributed by atoms with Gasteiger partial charge in [-0.15, -0.1) is 10.2 Å². The minimum atomic E-state index is -0.200. The highest BCUT2D eigenvalue weighted by Crippen LogP contribution is 2.26. The van der Waals surface area contributed by atoms with E-state index in [0.717, 1.165) is 5.52 Å². The Labute approximate surface area is 158 Å². The highest BCUT2D eigenvalue weighted by Gasteiger charge is 2.14. The van der Waals surface area contributed by atoms with Gasteiger partial charge in [-0.1, -0.05) is 35.3 Å². The topological polar surface area (TPSA) is 73.8 Å². The molecule has 0 unspecified atom stereocenters. The third-order valence-corrected chi connectivity index (χ3v) is 4.32. The van der Waals surface area contributed by atoms with E-state index in [-0.39, 0.29) is 18.0 Å². The molecule has 0 aliphatic rings. The van der Waals surface area contributed by atoms with E-state index in [2.05, 4.69) is 15.2 Å². The SMILES string of the molecule is Cc1nc2ccccc2n(Cc2nnc(-c3cc(Cl)cc(Cl)c3)o2)c1=O. The van der Waals surface area contributed by atoms with Crippen LogP contribution >= 0.6 is 23.2 Å². The number of aromatic nitrogens is 4. The fourth-order valence-electron chi connectivity index (χ4n) is 2.72. The first-order valence-corrected chi connectivity index (χ1v) is 8.52. The number of fused-ring (bicyclic) bond motifs is 1. The van der Waals surface area contributed by atoms with Crippen molar-refractivity contribution < 1.29 is 4.42 Å². The summed E-state index contributed by atoms with van der Waals surface area (Å²) in [6.07, 6.45) is 0. The number of para-hydroxylation sites is 2. The second-order valence-electron chi connectivity index (χ2n) is 5.74. The lowest BCUT2D eigenvalue weighted by molar-refractivity contribution is 0.487. The van der Waals surface area contributed by atoms with E-state index in [1.165, 1.54) is 0 Å². The first-order chi connectivity index (χ1) is 12.5. The van der Waals surface area contributed by atoms with Crippen molar-refractivity contribution in [2.24, 2.45) is 0 Å². The monoisotopic (exact) mass is 386 g/mol. The van der Waals surface area contributed by atoms with Gasteiger partial charge in [0.2, 0.25) is 11.8 Å². The van der Waals surface area contributed by atoms with Crippen molar-refractivity contribution in [3.05, 3.63) is 74.4 Å². The van der Waals surface area contributed by atoms with Gasteiger partial charge in [-0.05, 0) is 37.3 Å². The lowest BCUT2D eigenvalue weighted by atomic mass is 10.2. The molecule has 4 rings (SSSR count). The molecule has 6 nitrogen and oxygen atoms in total. The van der Waals surface area contributed by atoms with Crippen LogP contribution in [0, 0.1) is 6.92 Å². The molecule has 0 radical (unpaired) electrons.